The molecule has 0 aliphatic carbocycles. The number of hydrogen-bond donors (Lipinski definition) is 2. The Balaban J connectivity index is 3.34. The summed E-state index contributed by atoms with van der Waals surface area (Å²) in [6.45, 7) is 0.671. The SMILES string of the molecule is O=C(O)CCOCCOCCOC(=O)CCC(=O)C(=O)O. The number of rotatable bonds is 13. The van der Waals surface area contributed by atoms with Gasteiger partial charge in [-0.15, -0.1) is 0 Å². The Kier molecular flexibility index (Phi) is 10.7. The number of carboxylic acids is 2. The first-order chi connectivity index (χ1) is 9.93. The minimum absolute atomic E-state index is 0.0186. The first-order valence-corrected chi connectivity index (χ1v) is 6.22. The molecule has 0 aliphatic heterocycles. The molecule has 2 N–H and O–H groups in total. The average molecular weight is 306 g/mol. The van der Waals surface area contributed by atoms with E-state index in [1.807, 2.05) is 0 Å². The molecule has 0 aromatic heterocycles. The van der Waals surface area contributed by atoms with Crippen LogP contribution in [-0.4, -0.2) is 66.9 Å². The van der Waals surface area contributed by atoms with E-state index in [0.717, 1.165) is 0 Å². The molecule has 0 heterocycles. The molecule has 0 saturated heterocycles. The fourth-order valence-corrected chi connectivity index (χ4v) is 1.09. The normalized spacial score (nSPS) is 10.1. The Bertz CT molecular complexity index is 364. The van der Waals surface area contributed by atoms with E-state index in [2.05, 4.69) is 0 Å². The average Bonchev–Trinajstić information content (AvgIpc) is 2.42. The van der Waals surface area contributed by atoms with Crippen LogP contribution in [0.25, 0.3) is 0 Å². The van der Waals surface area contributed by atoms with Gasteiger partial charge in [-0.3, -0.25) is 14.4 Å². The highest BCUT2D eigenvalue weighted by Gasteiger charge is 2.13. The van der Waals surface area contributed by atoms with E-state index >= 15 is 0 Å². The molecule has 0 amide bonds. The van der Waals surface area contributed by atoms with Crippen molar-refractivity contribution in [2.24, 2.45) is 0 Å². The van der Waals surface area contributed by atoms with E-state index < -0.39 is 30.1 Å². The van der Waals surface area contributed by atoms with Crippen LogP contribution >= 0.6 is 0 Å². The van der Waals surface area contributed by atoms with Crippen LogP contribution in [-0.2, 0) is 33.4 Å². The van der Waals surface area contributed by atoms with E-state index in [0.29, 0.717) is 0 Å². The Hall–Kier alpha value is -2.00. The second kappa shape index (κ2) is 11.8. The standard InChI is InChI=1S/C12H18O9/c13-9(12(17)18)1-2-11(16)21-8-7-20-6-5-19-4-3-10(14)15/h1-8H2,(H,14,15)(H,17,18). The molecular formula is C12H18O9. The topological polar surface area (TPSA) is 136 Å². The summed E-state index contributed by atoms with van der Waals surface area (Å²) in [5.74, 6) is -4.23. The van der Waals surface area contributed by atoms with Gasteiger partial charge in [0, 0.05) is 6.42 Å². The first-order valence-electron chi connectivity index (χ1n) is 6.22. The van der Waals surface area contributed by atoms with Crippen molar-refractivity contribution in [2.45, 2.75) is 19.3 Å². The fourth-order valence-electron chi connectivity index (χ4n) is 1.09. The molecule has 0 saturated carbocycles. The Morgan fingerprint density at radius 1 is 0.714 bits per heavy atom. The molecule has 0 spiro atoms. The van der Waals surface area contributed by atoms with Crippen molar-refractivity contribution in [3.8, 4) is 0 Å². The zero-order valence-corrected chi connectivity index (χ0v) is 11.4. The largest absolute Gasteiger partial charge is 0.481 e. The summed E-state index contributed by atoms with van der Waals surface area (Å²) >= 11 is 0. The van der Waals surface area contributed by atoms with Gasteiger partial charge in [-0.1, -0.05) is 0 Å². The molecule has 0 aromatic rings. The molecule has 0 unspecified atom stereocenters. The van der Waals surface area contributed by atoms with Gasteiger partial charge >= 0.3 is 17.9 Å². The molecule has 0 aliphatic rings. The highest BCUT2D eigenvalue weighted by Crippen LogP contribution is 1.95. The molecule has 0 radical (unpaired) electrons. The molecule has 0 bridgehead atoms. The first kappa shape index (κ1) is 19.0. The van der Waals surface area contributed by atoms with Crippen LogP contribution in [0.2, 0.25) is 0 Å². The minimum atomic E-state index is -1.57. The van der Waals surface area contributed by atoms with Crippen LogP contribution in [0, 0.1) is 0 Å². The lowest BCUT2D eigenvalue weighted by molar-refractivity contribution is -0.151. The van der Waals surface area contributed by atoms with E-state index in [-0.39, 0.29) is 45.9 Å². The highest BCUT2D eigenvalue weighted by molar-refractivity contribution is 6.32. The molecule has 0 aromatic carbocycles. The number of Topliss-reactive ketones (excluding diaryl/α,β-unsaturated/α-hetero) is 1. The molecule has 120 valence electrons. The number of esters is 1. The monoisotopic (exact) mass is 306 g/mol. The van der Waals surface area contributed by atoms with E-state index in [1.54, 1.807) is 0 Å². The van der Waals surface area contributed by atoms with Crippen molar-refractivity contribution >= 4 is 23.7 Å². The van der Waals surface area contributed by atoms with Crippen LogP contribution in [0.1, 0.15) is 19.3 Å². The Morgan fingerprint density at radius 3 is 1.86 bits per heavy atom. The second-order valence-corrected chi connectivity index (χ2v) is 3.82. The number of aliphatic carboxylic acids is 2. The van der Waals surface area contributed by atoms with Crippen LogP contribution < -0.4 is 0 Å². The molecule has 0 fully saturated rings. The number of carbonyl (C=O) groups is 4. The van der Waals surface area contributed by atoms with E-state index in [4.69, 9.17) is 24.4 Å². The highest BCUT2D eigenvalue weighted by atomic mass is 16.6. The van der Waals surface area contributed by atoms with Crippen molar-refractivity contribution in [2.75, 3.05) is 33.0 Å². The molecular weight excluding hydrogens is 288 g/mol. The number of ether oxygens (including phenoxy) is 3. The quantitative estimate of drug-likeness (QED) is 0.261. The summed E-state index contributed by atoms with van der Waals surface area (Å²) in [6, 6.07) is 0. The summed E-state index contributed by atoms with van der Waals surface area (Å²) < 4.78 is 14.7. The van der Waals surface area contributed by atoms with Gasteiger partial charge in [0.2, 0.25) is 5.78 Å². The predicted octanol–water partition coefficient (Wildman–Crippen LogP) is -0.529. The zero-order valence-electron chi connectivity index (χ0n) is 11.4. The maximum atomic E-state index is 11.1. The smallest absolute Gasteiger partial charge is 0.372 e. The van der Waals surface area contributed by atoms with Crippen LogP contribution in [0.5, 0.6) is 0 Å². The van der Waals surface area contributed by atoms with Crippen molar-refractivity contribution in [3.63, 3.8) is 0 Å². The van der Waals surface area contributed by atoms with Crippen molar-refractivity contribution in [1.29, 1.82) is 0 Å². The summed E-state index contributed by atoms with van der Waals surface area (Å²) in [5, 5.41) is 16.6. The molecule has 21 heavy (non-hydrogen) atoms. The van der Waals surface area contributed by atoms with Gasteiger partial charge in [0.05, 0.1) is 39.3 Å². The minimum Gasteiger partial charge on any atom is -0.481 e. The predicted molar refractivity (Wildman–Crippen MR) is 66.7 cm³/mol. The Morgan fingerprint density at radius 2 is 1.29 bits per heavy atom. The zero-order chi connectivity index (χ0) is 16.1. The summed E-state index contributed by atoms with van der Waals surface area (Å²) in [4.78, 5) is 42.2. The van der Waals surface area contributed by atoms with Crippen LogP contribution in [0.4, 0.5) is 0 Å². The van der Waals surface area contributed by atoms with Gasteiger partial charge < -0.3 is 24.4 Å². The van der Waals surface area contributed by atoms with Gasteiger partial charge in [0.1, 0.15) is 6.61 Å². The maximum absolute atomic E-state index is 11.1. The maximum Gasteiger partial charge on any atom is 0.372 e. The fraction of sp³-hybridized carbons (Fsp3) is 0.667. The lowest BCUT2D eigenvalue weighted by Gasteiger charge is -2.06. The number of ketones is 1. The van der Waals surface area contributed by atoms with E-state index in [1.165, 1.54) is 0 Å². The third-order valence-electron chi connectivity index (χ3n) is 2.12. The number of hydrogen-bond acceptors (Lipinski definition) is 7. The second-order valence-electron chi connectivity index (χ2n) is 3.82. The molecule has 9 heteroatoms. The summed E-state index contributed by atoms with van der Waals surface area (Å²) in [7, 11) is 0. The number of carboxylic acid groups (broad SMARTS) is 2. The van der Waals surface area contributed by atoms with Crippen molar-refractivity contribution in [1.82, 2.24) is 0 Å². The van der Waals surface area contributed by atoms with Crippen LogP contribution in [0.3, 0.4) is 0 Å². The van der Waals surface area contributed by atoms with Gasteiger partial charge in [0.25, 0.3) is 0 Å². The molecule has 0 rings (SSSR count). The van der Waals surface area contributed by atoms with Gasteiger partial charge in [-0.25, -0.2) is 4.79 Å². The lowest BCUT2D eigenvalue weighted by Crippen LogP contribution is -2.17. The third kappa shape index (κ3) is 12.8. The van der Waals surface area contributed by atoms with Crippen molar-refractivity contribution in [3.05, 3.63) is 0 Å². The van der Waals surface area contributed by atoms with Gasteiger partial charge in [-0.2, -0.15) is 0 Å². The van der Waals surface area contributed by atoms with Crippen molar-refractivity contribution < 1.29 is 43.6 Å². The van der Waals surface area contributed by atoms with Gasteiger partial charge in [0.15, 0.2) is 0 Å². The third-order valence-corrected chi connectivity index (χ3v) is 2.12. The summed E-state index contributed by atoms with van der Waals surface area (Å²) in [5.41, 5.74) is 0. The lowest BCUT2D eigenvalue weighted by atomic mass is 10.2. The van der Waals surface area contributed by atoms with E-state index in [9.17, 15) is 19.2 Å². The molecule has 0 atom stereocenters. The molecule has 9 nitrogen and oxygen atoms in total. The summed E-state index contributed by atoms with van der Waals surface area (Å²) in [6.07, 6.45) is -0.761. The van der Waals surface area contributed by atoms with Crippen LogP contribution in [0.15, 0.2) is 0 Å². The Labute approximate surface area is 120 Å². The number of carbonyl (C=O) groups excluding carboxylic acids is 2. The van der Waals surface area contributed by atoms with Gasteiger partial charge in [-0.05, 0) is 0 Å².